The van der Waals surface area contributed by atoms with Gasteiger partial charge in [-0.1, -0.05) is 24.0 Å². The Kier molecular flexibility index (Phi) is 8.20. The van der Waals surface area contributed by atoms with E-state index in [1.54, 1.807) is 42.5 Å². The summed E-state index contributed by atoms with van der Waals surface area (Å²) in [6, 6.07) is 9.93. The Balaban J connectivity index is 1.48. The maximum absolute atomic E-state index is 12.6. The number of ether oxygens (including phenoxy) is 1. The number of thiocarbonyl (C=S) groups is 1. The molecule has 10 heteroatoms. The second-order valence-corrected chi connectivity index (χ2v) is 8.84. The number of thioether (sulfide) groups is 1. The quantitative estimate of drug-likeness (QED) is 0.337. The zero-order valence-electron chi connectivity index (χ0n) is 17.7. The van der Waals surface area contributed by atoms with Crippen LogP contribution in [-0.2, 0) is 14.3 Å². The van der Waals surface area contributed by atoms with E-state index in [4.69, 9.17) is 21.4 Å². The number of carbonyl (C=O) groups is 3. The number of nitrogens with zero attached hydrogens (tertiary/aromatic N) is 2. The van der Waals surface area contributed by atoms with Crippen LogP contribution in [0.15, 0.2) is 52.0 Å². The molecule has 0 spiro atoms. The van der Waals surface area contributed by atoms with Gasteiger partial charge in [0.2, 0.25) is 5.91 Å². The number of likely N-dealkylation sites (N-methyl/N-ethyl adjacent to an activating group) is 1. The monoisotopic (exact) mass is 473 g/mol. The number of anilines is 1. The summed E-state index contributed by atoms with van der Waals surface area (Å²) in [5, 5.41) is 2.75. The van der Waals surface area contributed by atoms with Crippen LogP contribution in [0.1, 0.15) is 22.5 Å². The Bertz CT molecular complexity index is 1020. The van der Waals surface area contributed by atoms with Gasteiger partial charge < -0.3 is 19.4 Å². The fraction of sp³-hybridized carbons (Fsp3) is 0.273. The van der Waals surface area contributed by atoms with Crippen molar-refractivity contribution in [2.45, 2.75) is 6.42 Å². The summed E-state index contributed by atoms with van der Waals surface area (Å²) >= 11 is 6.45. The van der Waals surface area contributed by atoms with E-state index in [0.717, 1.165) is 0 Å². The van der Waals surface area contributed by atoms with Gasteiger partial charge in [0.15, 0.2) is 0 Å². The van der Waals surface area contributed by atoms with Crippen molar-refractivity contribution >= 4 is 57.8 Å². The summed E-state index contributed by atoms with van der Waals surface area (Å²) in [5.74, 6) is -0.369. The number of nitrogens with one attached hydrogen (secondary N) is 1. The van der Waals surface area contributed by atoms with Gasteiger partial charge in [-0.2, -0.15) is 0 Å². The molecular weight excluding hydrogens is 450 g/mol. The normalized spacial score (nSPS) is 15.0. The van der Waals surface area contributed by atoms with E-state index in [0.29, 0.717) is 39.4 Å². The Labute approximate surface area is 195 Å². The van der Waals surface area contributed by atoms with E-state index in [1.807, 2.05) is 19.0 Å². The molecular formula is C22H23N3O5S2. The molecule has 0 aliphatic carbocycles. The highest BCUT2D eigenvalue weighted by Crippen LogP contribution is 2.32. The third-order valence-electron chi connectivity index (χ3n) is 4.43. The molecule has 1 aromatic carbocycles. The number of amides is 2. The van der Waals surface area contributed by atoms with Gasteiger partial charge in [-0.05, 0) is 50.5 Å². The van der Waals surface area contributed by atoms with Crippen molar-refractivity contribution in [2.75, 3.05) is 39.1 Å². The van der Waals surface area contributed by atoms with Crippen LogP contribution >= 0.6 is 24.0 Å². The third kappa shape index (κ3) is 6.52. The molecule has 8 nitrogen and oxygen atoms in total. The minimum atomic E-state index is -0.415. The van der Waals surface area contributed by atoms with Gasteiger partial charge in [0, 0.05) is 31.3 Å². The van der Waals surface area contributed by atoms with Gasteiger partial charge in [-0.25, -0.2) is 4.79 Å². The molecule has 1 fully saturated rings. The Morgan fingerprint density at radius 3 is 2.66 bits per heavy atom. The minimum absolute atomic E-state index is 0.0782. The summed E-state index contributed by atoms with van der Waals surface area (Å²) in [7, 11) is 3.79. The SMILES string of the molecule is CN(C)CCOC(=O)c1ccc(NC(=O)CCN2C(=O)/C(=C\c3ccco3)SC2=S)cc1. The van der Waals surface area contributed by atoms with E-state index >= 15 is 0 Å². The second-order valence-electron chi connectivity index (χ2n) is 7.16. The van der Waals surface area contributed by atoms with Gasteiger partial charge in [-0.15, -0.1) is 0 Å². The summed E-state index contributed by atoms with van der Waals surface area (Å²) in [6.45, 7) is 1.11. The molecule has 1 saturated heterocycles. The number of benzene rings is 1. The van der Waals surface area contributed by atoms with Crippen LogP contribution in [0.5, 0.6) is 0 Å². The van der Waals surface area contributed by atoms with Crippen LogP contribution < -0.4 is 5.32 Å². The third-order valence-corrected chi connectivity index (χ3v) is 5.81. The molecule has 2 amide bonds. The molecule has 32 heavy (non-hydrogen) atoms. The van der Waals surface area contributed by atoms with Gasteiger partial charge in [0.1, 0.15) is 16.7 Å². The van der Waals surface area contributed by atoms with Crippen molar-refractivity contribution in [1.82, 2.24) is 9.80 Å². The van der Waals surface area contributed by atoms with Gasteiger partial charge in [0.25, 0.3) is 5.91 Å². The molecule has 1 aromatic heterocycles. The maximum atomic E-state index is 12.6. The number of esters is 1. The van der Waals surface area contributed by atoms with Gasteiger partial charge >= 0.3 is 5.97 Å². The first-order chi connectivity index (χ1) is 15.3. The number of furan rings is 1. The molecule has 3 rings (SSSR count). The summed E-state index contributed by atoms with van der Waals surface area (Å²) in [5.41, 5.74) is 0.950. The van der Waals surface area contributed by atoms with Crippen LogP contribution in [0.25, 0.3) is 6.08 Å². The van der Waals surface area contributed by atoms with E-state index in [1.165, 1.54) is 22.9 Å². The van der Waals surface area contributed by atoms with Crippen molar-refractivity contribution in [3.63, 3.8) is 0 Å². The topological polar surface area (TPSA) is 92.1 Å². The fourth-order valence-electron chi connectivity index (χ4n) is 2.73. The highest BCUT2D eigenvalue weighted by atomic mass is 32.2. The number of hydrogen-bond acceptors (Lipinski definition) is 8. The van der Waals surface area contributed by atoms with Crippen LogP contribution in [-0.4, -0.2) is 65.7 Å². The number of carbonyl (C=O) groups excluding carboxylic acids is 3. The first-order valence-corrected chi connectivity index (χ1v) is 11.1. The molecule has 0 saturated carbocycles. The molecule has 0 radical (unpaired) electrons. The summed E-state index contributed by atoms with van der Waals surface area (Å²) < 4.78 is 10.8. The standard InChI is InChI=1S/C22H23N3O5S2/c1-24(2)11-13-30-21(28)15-5-7-16(8-6-15)23-19(26)9-10-25-20(27)18(32-22(25)31)14-17-4-3-12-29-17/h3-8,12,14H,9-11,13H2,1-2H3,(H,23,26)/b18-14+. The molecule has 1 aliphatic rings. The molecule has 1 aliphatic heterocycles. The number of hydrogen-bond donors (Lipinski definition) is 1. The van der Waals surface area contributed by atoms with Crippen LogP contribution in [0.2, 0.25) is 0 Å². The van der Waals surface area contributed by atoms with Gasteiger partial charge in [0.05, 0.1) is 16.7 Å². The molecule has 0 atom stereocenters. The highest BCUT2D eigenvalue weighted by Gasteiger charge is 2.32. The first-order valence-electron chi connectivity index (χ1n) is 9.84. The lowest BCUT2D eigenvalue weighted by Crippen LogP contribution is -2.31. The van der Waals surface area contributed by atoms with E-state index in [9.17, 15) is 14.4 Å². The predicted molar refractivity (Wildman–Crippen MR) is 127 cm³/mol. The van der Waals surface area contributed by atoms with Crippen molar-refractivity contribution < 1.29 is 23.5 Å². The molecule has 2 heterocycles. The number of rotatable bonds is 9. The van der Waals surface area contributed by atoms with E-state index < -0.39 is 5.97 Å². The van der Waals surface area contributed by atoms with Gasteiger partial charge in [-0.3, -0.25) is 14.5 Å². The zero-order chi connectivity index (χ0) is 23.1. The van der Waals surface area contributed by atoms with E-state index in [-0.39, 0.29) is 24.8 Å². The van der Waals surface area contributed by atoms with Crippen molar-refractivity contribution in [2.24, 2.45) is 0 Å². The highest BCUT2D eigenvalue weighted by molar-refractivity contribution is 8.26. The lowest BCUT2D eigenvalue weighted by molar-refractivity contribution is -0.122. The van der Waals surface area contributed by atoms with Crippen LogP contribution in [0.3, 0.4) is 0 Å². The van der Waals surface area contributed by atoms with Crippen molar-refractivity contribution in [1.29, 1.82) is 0 Å². The Morgan fingerprint density at radius 2 is 2.00 bits per heavy atom. The summed E-state index contributed by atoms with van der Waals surface area (Å²) in [4.78, 5) is 40.7. The van der Waals surface area contributed by atoms with Crippen molar-refractivity contribution in [3.05, 3.63) is 58.9 Å². The summed E-state index contributed by atoms with van der Waals surface area (Å²) in [6.07, 6.45) is 3.23. The lowest BCUT2D eigenvalue weighted by atomic mass is 10.2. The second kappa shape index (κ2) is 11.1. The molecule has 1 N–H and O–H groups in total. The molecule has 0 bridgehead atoms. The Hall–Kier alpha value is -2.95. The zero-order valence-corrected chi connectivity index (χ0v) is 19.3. The van der Waals surface area contributed by atoms with E-state index in [2.05, 4.69) is 5.32 Å². The van der Waals surface area contributed by atoms with Crippen LogP contribution in [0, 0.1) is 0 Å². The smallest absolute Gasteiger partial charge is 0.338 e. The maximum Gasteiger partial charge on any atom is 0.338 e. The minimum Gasteiger partial charge on any atom is -0.465 e. The Morgan fingerprint density at radius 1 is 1.25 bits per heavy atom. The molecule has 2 aromatic rings. The molecule has 0 unspecified atom stereocenters. The van der Waals surface area contributed by atoms with Crippen molar-refractivity contribution in [3.8, 4) is 0 Å². The lowest BCUT2D eigenvalue weighted by Gasteiger charge is -2.14. The van der Waals surface area contributed by atoms with Crippen LogP contribution in [0.4, 0.5) is 5.69 Å². The molecule has 168 valence electrons. The fourth-order valence-corrected chi connectivity index (χ4v) is 4.01. The first kappa shape index (κ1) is 23.7. The predicted octanol–water partition coefficient (Wildman–Crippen LogP) is 3.23. The average Bonchev–Trinajstić information content (AvgIpc) is 3.35. The average molecular weight is 474 g/mol. The largest absolute Gasteiger partial charge is 0.465 e.